The molecule has 0 amide bonds. The van der Waals surface area contributed by atoms with Crippen LogP contribution in [0.3, 0.4) is 0 Å². The number of carbonyl (C=O) groups is 1. The van der Waals surface area contributed by atoms with Crippen LogP contribution in [-0.2, 0) is 4.79 Å². The standard InChI is InChI=1S/C17H19FN2O3/c1-23-15-10-12(18)4-7-14(15)16-19-8-9-20(16)13-5-2-11(3-6-13)17(21)22/h4,7-11,13H,2-3,5-6H2,1H3,(H,21,22). The smallest absolute Gasteiger partial charge is 0.306 e. The van der Waals surface area contributed by atoms with Gasteiger partial charge in [0.1, 0.15) is 17.4 Å². The summed E-state index contributed by atoms with van der Waals surface area (Å²) < 4.78 is 20.7. The third-order valence-electron chi connectivity index (χ3n) is 4.51. The van der Waals surface area contributed by atoms with Crippen LogP contribution in [0.4, 0.5) is 4.39 Å². The molecule has 1 saturated carbocycles. The quantitative estimate of drug-likeness (QED) is 0.937. The van der Waals surface area contributed by atoms with Crippen molar-refractivity contribution in [2.75, 3.05) is 7.11 Å². The molecule has 0 spiro atoms. The Hall–Kier alpha value is -2.37. The second kappa shape index (κ2) is 6.40. The molecule has 122 valence electrons. The summed E-state index contributed by atoms with van der Waals surface area (Å²) >= 11 is 0. The van der Waals surface area contributed by atoms with E-state index in [4.69, 9.17) is 9.84 Å². The molecule has 0 aliphatic heterocycles. The van der Waals surface area contributed by atoms with E-state index in [1.54, 1.807) is 12.3 Å². The van der Waals surface area contributed by atoms with Gasteiger partial charge in [-0.15, -0.1) is 0 Å². The van der Waals surface area contributed by atoms with E-state index < -0.39 is 5.97 Å². The van der Waals surface area contributed by atoms with Gasteiger partial charge in [-0.05, 0) is 37.8 Å². The number of methoxy groups -OCH3 is 1. The summed E-state index contributed by atoms with van der Waals surface area (Å²) in [6.45, 7) is 0. The monoisotopic (exact) mass is 318 g/mol. The van der Waals surface area contributed by atoms with Crippen LogP contribution < -0.4 is 4.74 Å². The van der Waals surface area contributed by atoms with E-state index in [-0.39, 0.29) is 17.8 Å². The van der Waals surface area contributed by atoms with E-state index in [0.717, 1.165) is 24.2 Å². The summed E-state index contributed by atoms with van der Waals surface area (Å²) in [5.41, 5.74) is 0.735. The number of benzene rings is 1. The molecule has 0 saturated heterocycles. The predicted octanol–water partition coefficient (Wildman–Crippen LogP) is 3.51. The Balaban J connectivity index is 1.88. The number of ether oxygens (including phenoxy) is 1. The van der Waals surface area contributed by atoms with Gasteiger partial charge < -0.3 is 14.4 Å². The molecule has 23 heavy (non-hydrogen) atoms. The molecule has 6 heteroatoms. The van der Waals surface area contributed by atoms with Crippen LogP contribution in [0.5, 0.6) is 5.75 Å². The molecule has 0 bridgehead atoms. The van der Waals surface area contributed by atoms with Crippen molar-refractivity contribution in [3.63, 3.8) is 0 Å². The zero-order chi connectivity index (χ0) is 16.4. The number of carboxylic acids is 1. The zero-order valence-electron chi connectivity index (χ0n) is 12.9. The molecule has 1 aromatic heterocycles. The molecule has 1 aromatic carbocycles. The number of halogens is 1. The lowest BCUT2D eigenvalue weighted by Gasteiger charge is -2.28. The van der Waals surface area contributed by atoms with Crippen LogP contribution in [0.2, 0.25) is 0 Å². The SMILES string of the molecule is COc1cc(F)ccc1-c1nccn1C1CCC(C(=O)O)CC1. The van der Waals surface area contributed by atoms with Gasteiger partial charge in [-0.3, -0.25) is 4.79 Å². The Labute approximate surface area is 133 Å². The third kappa shape index (κ3) is 3.06. The fraction of sp³-hybridized carbons (Fsp3) is 0.412. The summed E-state index contributed by atoms with van der Waals surface area (Å²) in [6, 6.07) is 4.60. The minimum Gasteiger partial charge on any atom is -0.496 e. The number of nitrogens with zero attached hydrogens (tertiary/aromatic N) is 2. The fourth-order valence-electron chi connectivity index (χ4n) is 3.27. The first-order valence-electron chi connectivity index (χ1n) is 7.69. The third-order valence-corrected chi connectivity index (χ3v) is 4.51. The highest BCUT2D eigenvalue weighted by molar-refractivity contribution is 5.70. The molecule has 1 heterocycles. The molecule has 5 nitrogen and oxygen atoms in total. The minimum absolute atomic E-state index is 0.206. The second-order valence-electron chi connectivity index (χ2n) is 5.85. The maximum absolute atomic E-state index is 13.4. The average molecular weight is 318 g/mol. The van der Waals surface area contributed by atoms with E-state index in [2.05, 4.69) is 4.98 Å². The highest BCUT2D eigenvalue weighted by Crippen LogP contribution is 2.37. The molecule has 1 fully saturated rings. The van der Waals surface area contributed by atoms with Crippen molar-refractivity contribution in [1.29, 1.82) is 0 Å². The van der Waals surface area contributed by atoms with Crippen molar-refractivity contribution in [2.45, 2.75) is 31.7 Å². The summed E-state index contributed by atoms with van der Waals surface area (Å²) in [5, 5.41) is 9.11. The van der Waals surface area contributed by atoms with Gasteiger partial charge in [-0.25, -0.2) is 9.37 Å². The molecule has 1 aliphatic carbocycles. The predicted molar refractivity (Wildman–Crippen MR) is 82.8 cm³/mol. The maximum atomic E-state index is 13.4. The highest BCUT2D eigenvalue weighted by atomic mass is 19.1. The first kappa shape index (κ1) is 15.5. The van der Waals surface area contributed by atoms with Gasteiger partial charge in [0.2, 0.25) is 0 Å². The molecule has 1 aliphatic rings. The topological polar surface area (TPSA) is 64.4 Å². The molecule has 0 atom stereocenters. The lowest BCUT2D eigenvalue weighted by Crippen LogP contribution is -2.23. The van der Waals surface area contributed by atoms with Gasteiger partial charge in [0.15, 0.2) is 0 Å². The van der Waals surface area contributed by atoms with Crippen molar-refractivity contribution in [3.05, 3.63) is 36.4 Å². The van der Waals surface area contributed by atoms with Crippen molar-refractivity contribution in [2.24, 2.45) is 5.92 Å². The van der Waals surface area contributed by atoms with Gasteiger partial charge in [0.25, 0.3) is 0 Å². The van der Waals surface area contributed by atoms with Crippen molar-refractivity contribution < 1.29 is 19.0 Å². The zero-order valence-corrected chi connectivity index (χ0v) is 12.9. The summed E-state index contributed by atoms with van der Waals surface area (Å²) in [5.74, 6) is -0.156. The molecule has 1 N–H and O–H groups in total. The number of aromatic nitrogens is 2. The maximum Gasteiger partial charge on any atom is 0.306 e. The second-order valence-corrected chi connectivity index (χ2v) is 5.85. The van der Waals surface area contributed by atoms with Gasteiger partial charge >= 0.3 is 5.97 Å². The molecular weight excluding hydrogens is 299 g/mol. The highest BCUT2D eigenvalue weighted by Gasteiger charge is 2.28. The van der Waals surface area contributed by atoms with Crippen molar-refractivity contribution >= 4 is 5.97 Å². The first-order chi connectivity index (χ1) is 11.1. The van der Waals surface area contributed by atoms with Crippen LogP contribution in [0, 0.1) is 11.7 Å². The minimum atomic E-state index is -0.713. The Morgan fingerprint density at radius 3 is 2.74 bits per heavy atom. The van der Waals surface area contributed by atoms with Gasteiger partial charge in [-0.1, -0.05) is 0 Å². The molecule has 3 rings (SSSR count). The number of rotatable bonds is 4. The fourth-order valence-corrected chi connectivity index (χ4v) is 3.27. The molecule has 0 radical (unpaired) electrons. The van der Waals surface area contributed by atoms with Crippen LogP contribution in [0.25, 0.3) is 11.4 Å². The van der Waals surface area contributed by atoms with E-state index in [0.29, 0.717) is 18.6 Å². The van der Waals surface area contributed by atoms with Crippen molar-refractivity contribution in [3.8, 4) is 17.1 Å². The number of carboxylic acid groups (broad SMARTS) is 1. The van der Waals surface area contributed by atoms with E-state index in [1.165, 1.54) is 19.2 Å². The van der Waals surface area contributed by atoms with E-state index >= 15 is 0 Å². The molecule has 0 unspecified atom stereocenters. The lowest BCUT2D eigenvalue weighted by molar-refractivity contribution is -0.143. The summed E-state index contributed by atoms with van der Waals surface area (Å²) in [6.07, 6.45) is 6.52. The number of aliphatic carboxylic acids is 1. The van der Waals surface area contributed by atoms with E-state index in [9.17, 15) is 9.18 Å². The Morgan fingerprint density at radius 1 is 1.35 bits per heavy atom. The number of imidazole rings is 1. The lowest BCUT2D eigenvalue weighted by atomic mass is 9.86. The number of hydrogen-bond acceptors (Lipinski definition) is 3. The molecular formula is C17H19FN2O3. The Kier molecular flexibility index (Phi) is 4.32. The first-order valence-corrected chi connectivity index (χ1v) is 7.69. The average Bonchev–Trinajstić information content (AvgIpc) is 3.04. The Morgan fingerprint density at radius 2 is 2.09 bits per heavy atom. The van der Waals surface area contributed by atoms with Gasteiger partial charge in [-0.2, -0.15) is 0 Å². The summed E-state index contributed by atoms with van der Waals surface area (Å²) in [7, 11) is 1.50. The number of hydrogen-bond donors (Lipinski definition) is 1. The van der Waals surface area contributed by atoms with E-state index in [1.807, 2.05) is 10.8 Å². The molecule has 2 aromatic rings. The van der Waals surface area contributed by atoms with Crippen LogP contribution in [0.15, 0.2) is 30.6 Å². The normalized spacial score (nSPS) is 21.1. The van der Waals surface area contributed by atoms with Crippen molar-refractivity contribution in [1.82, 2.24) is 9.55 Å². The van der Waals surface area contributed by atoms with Gasteiger partial charge in [0, 0.05) is 24.5 Å². The van der Waals surface area contributed by atoms with Crippen LogP contribution >= 0.6 is 0 Å². The van der Waals surface area contributed by atoms with Crippen LogP contribution in [0.1, 0.15) is 31.7 Å². The van der Waals surface area contributed by atoms with Gasteiger partial charge in [0.05, 0.1) is 18.6 Å². The Bertz CT molecular complexity index is 706. The largest absolute Gasteiger partial charge is 0.496 e. The summed E-state index contributed by atoms with van der Waals surface area (Å²) in [4.78, 5) is 15.5. The van der Waals surface area contributed by atoms with Crippen LogP contribution in [-0.4, -0.2) is 27.7 Å².